The van der Waals surface area contributed by atoms with Crippen molar-refractivity contribution in [2.45, 2.75) is 83.7 Å². The summed E-state index contributed by atoms with van der Waals surface area (Å²) in [7, 11) is 0. The van der Waals surface area contributed by atoms with Crippen LogP contribution >= 0.6 is 0 Å². The SMILES string of the molecule is CC1CC(C)(C)CCC1N1CCNCC12CCCCC2. The van der Waals surface area contributed by atoms with Crippen LogP contribution in [0.2, 0.25) is 0 Å². The third-order valence-electron chi connectivity index (χ3n) is 6.43. The zero-order valence-electron chi connectivity index (χ0n) is 13.9. The Hall–Kier alpha value is -0.0800. The summed E-state index contributed by atoms with van der Waals surface area (Å²) in [4.78, 5) is 2.97. The fraction of sp³-hybridized carbons (Fsp3) is 1.00. The molecule has 1 heterocycles. The highest BCUT2D eigenvalue weighted by Gasteiger charge is 2.46. The molecule has 2 unspecified atom stereocenters. The van der Waals surface area contributed by atoms with Crippen LogP contribution in [-0.2, 0) is 0 Å². The summed E-state index contributed by atoms with van der Waals surface area (Å²) >= 11 is 0. The Kier molecular flexibility index (Phi) is 4.16. The molecule has 3 aliphatic rings. The van der Waals surface area contributed by atoms with Gasteiger partial charge in [-0.25, -0.2) is 0 Å². The van der Waals surface area contributed by atoms with E-state index in [0.717, 1.165) is 12.0 Å². The highest BCUT2D eigenvalue weighted by atomic mass is 15.3. The molecule has 1 aliphatic heterocycles. The van der Waals surface area contributed by atoms with Crippen molar-refractivity contribution in [1.29, 1.82) is 0 Å². The molecule has 2 heteroatoms. The Bertz CT molecular complexity index is 322. The van der Waals surface area contributed by atoms with Crippen molar-refractivity contribution >= 4 is 0 Å². The fourth-order valence-electron chi connectivity index (χ4n) is 5.45. The number of rotatable bonds is 1. The van der Waals surface area contributed by atoms with Crippen LogP contribution in [-0.4, -0.2) is 36.1 Å². The number of hydrogen-bond donors (Lipinski definition) is 1. The number of piperazine rings is 1. The maximum absolute atomic E-state index is 3.70. The summed E-state index contributed by atoms with van der Waals surface area (Å²) < 4.78 is 0. The molecule has 3 rings (SSSR count). The molecular formula is C18H34N2. The molecule has 1 N–H and O–H groups in total. The van der Waals surface area contributed by atoms with E-state index in [2.05, 4.69) is 31.0 Å². The second-order valence-corrected chi connectivity index (χ2v) is 8.61. The molecular weight excluding hydrogens is 244 g/mol. The quantitative estimate of drug-likeness (QED) is 0.784. The lowest BCUT2D eigenvalue weighted by molar-refractivity contribution is -0.0498. The molecule has 0 amide bonds. The first-order valence-electron chi connectivity index (χ1n) is 9.00. The smallest absolute Gasteiger partial charge is 0.0337 e. The van der Waals surface area contributed by atoms with E-state index >= 15 is 0 Å². The molecule has 116 valence electrons. The monoisotopic (exact) mass is 278 g/mol. The van der Waals surface area contributed by atoms with E-state index in [-0.39, 0.29) is 0 Å². The normalized spacial score (nSPS) is 38.0. The van der Waals surface area contributed by atoms with Crippen LogP contribution in [0.4, 0.5) is 0 Å². The average molecular weight is 278 g/mol. The third-order valence-corrected chi connectivity index (χ3v) is 6.43. The topological polar surface area (TPSA) is 15.3 Å². The van der Waals surface area contributed by atoms with Gasteiger partial charge in [-0.3, -0.25) is 4.90 Å². The lowest BCUT2D eigenvalue weighted by Crippen LogP contribution is -2.66. The summed E-state index contributed by atoms with van der Waals surface area (Å²) in [6.07, 6.45) is 11.5. The molecule has 0 bridgehead atoms. The van der Waals surface area contributed by atoms with Gasteiger partial charge in [-0.1, -0.05) is 40.0 Å². The summed E-state index contributed by atoms with van der Waals surface area (Å²) in [6, 6.07) is 0.850. The molecule has 0 aromatic rings. The van der Waals surface area contributed by atoms with E-state index in [1.807, 2.05) is 0 Å². The van der Waals surface area contributed by atoms with Crippen molar-refractivity contribution in [3.63, 3.8) is 0 Å². The van der Waals surface area contributed by atoms with Crippen LogP contribution < -0.4 is 5.32 Å². The van der Waals surface area contributed by atoms with Crippen LogP contribution in [0.1, 0.15) is 72.1 Å². The standard InChI is InChI=1S/C18H34N2/c1-15-13-17(2,3)10-7-16(15)20-12-11-19-14-18(20)8-5-4-6-9-18/h15-16,19H,4-14H2,1-3H3. The highest BCUT2D eigenvalue weighted by Crippen LogP contribution is 2.44. The van der Waals surface area contributed by atoms with Crippen molar-refractivity contribution in [1.82, 2.24) is 10.2 Å². The van der Waals surface area contributed by atoms with Gasteiger partial charge in [0.2, 0.25) is 0 Å². The first-order chi connectivity index (χ1) is 9.53. The first-order valence-corrected chi connectivity index (χ1v) is 9.00. The van der Waals surface area contributed by atoms with Crippen molar-refractivity contribution in [2.75, 3.05) is 19.6 Å². The average Bonchev–Trinajstić information content (AvgIpc) is 2.40. The van der Waals surface area contributed by atoms with Gasteiger partial charge >= 0.3 is 0 Å². The molecule has 2 aliphatic carbocycles. The van der Waals surface area contributed by atoms with Gasteiger partial charge in [-0.2, -0.15) is 0 Å². The van der Waals surface area contributed by atoms with Gasteiger partial charge in [0.05, 0.1) is 0 Å². The van der Waals surface area contributed by atoms with E-state index in [1.165, 1.54) is 71.0 Å². The largest absolute Gasteiger partial charge is 0.314 e. The van der Waals surface area contributed by atoms with E-state index in [0.29, 0.717) is 11.0 Å². The van der Waals surface area contributed by atoms with Crippen LogP contribution in [0, 0.1) is 11.3 Å². The van der Waals surface area contributed by atoms with E-state index in [4.69, 9.17) is 0 Å². The minimum absolute atomic E-state index is 0.511. The van der Waals surface area contributed by atoms with Gasteiger partial charge in [0.15, 0.2) is 0 Å². The Balaban J connectivity index is 1.76. The maximum atomic E-state index is 3.70. The maximum Gasteiger partial charge on any atom is 0.0337 e. The Morgan fingerprint density at radius 2 is 1.80 bits per heavy atom. The van der Waals surface area contributed by atoms with Gasteiger partial charge in [0, 0.05) is 31.2 Å². The zero-order valence-corrected chi connectivity index (χ0v) is 13.9. The summed E-state index contributed by atoms with van der Waals surface area (Å²) in [5.74, 6) is 0.871. The van der Waals surface area contributed by atoms with Gasteiger partial charge in [0.25, 0.3) is 0 Å². The predicted octanol–water partition coefficient (Wildman–Crippen LogP) is 3.81. The summed E-state index contributed by atoms with van der Waals surface area (Å²) in [5, 5.41) is 3.70. The van der Waals surface area contributed by atoms with Crippen molar-refractivity contribution < 1.29 is 0 Å². The van der Waals surface area contributed by atoms with E-state index < -0.39 is 0 Å². The van der Waals surface area contributed by atoms with Gasteiger partial charge in [-0.05, 0) is 43.4 Å². The number of nitrogens with zero attached hydrogens (tertiary/aromatic N) is 1. The third kappa shape index (κ3) is 2.78. The van der Waals surface area contributed by atoms with E-state index in [1.54, 1.807) is 0 Å². The van der Waals surface area contributed by atoms with E-state index in [9.17, 15) is 0 Å². The minimum atomic E-state index is 0.511. The summed E-state index contributed by atoms with van der Waals surface area (Å²) in [5.41, 5.74) is 1.08. The van der Waals surface area contributed by atoms with Crippen LogP contribution in [0.25, 0.3) is 0 Å². The Morgan fingerprint density at radius 1 is 1.05 bits per heavy atom. The molecule has 20 heavy (non-hydrogen) atoms. The molecule has 1 saturated heterocycles. The van der Waals surface area contributed by atoms with Crippen LogP contribution in [0.15, 0.2) is 0 Å². The molecule has 2 atom stereocenters. The molecule has 2 saturated carbocycles. The van der Waals surface area contributed by atoms with Crippen LogP contribution in [0.3, 0.4) is 0 Å². The Labute approximate surface area is 125 Å². The molecule has 3 fully saturated rings. The first kappa shape index (κ1) is 14.8. The number of nitrogens with one attached hydrogen (secondary N) is 1. The molecule has 2 nitrogen and oxygen atoms in total. The minimum Gasteiger partial charge on any atom is -0.314 e. The van der Waals surface area contributed by atoms with Gasteiger partial charge < -0.3 is 5.32 Å². The molecule has 1 spiro atoms. The molecule has 0 aromatic heterocycles. The lowest BCUT2D eigenvalue weighted by Gasteiger charge is -2.56. The number of hydrogen-bond acceptors (Lipinski definition) is 2. The highest BCUT2D eigenvalue weighted by molar-refractivity contribution is 5.02. The van der Waals surface area contributed by atoms with Crippen molar-refractivity contribution in [3.05, 3.63) is 0 Å². The molecule has 0 aromatic carbocycles. The van der Waals surface area contributed by atoms with Crippen LogP contribution in [0.5, 0.6) is 0 Å². The molecule has 0 radical (unpaired) electrons. The lowest BCUT2D eigenvalue weighted by atomic mass is 9.68. The van der Waals surface area contributed by atoms with Gasteiger partial charge in [-0.15, -0.1) is 0 Å². The van der Waals surface area contributed by atoms with Gasteiger partial charge in [0.1, 0.15) is 0 Å². The fourth-order valence-corrected chi connectivity index (χ4v) is 5.45. The second kappa shape index (κ2) is 5.61. The second-order valence-electron chi connectivity index (χ2n) is 8.61. The van der Waals surface area contributed by atoms with Crippen molar-refractivity contribution in [2.24, 2.45) is 11.3 Å². The zero-order chi connectivity index (χ0) is 14.2. The van der Waals surface area contributed by atoms with Crippen molar-refractivity contribution in [3.8, 4) is 0 Å². The Morgan fingerprint density at radius 3 is 2.50 bits per heavy atom. The predicted molar refractivity (Wildman–Crippen MR) is 86.0 cm³/mol. The summed E-state index contributed by atoms with van der Waals surface area (Å²) in [6.45, 7) is 11.2.